The monoisotopic (exact) mass is 492 g/mol. The lowest BCUT2D eigenvalue weighted by Crippen LogP contribution is -2.37. The Bertz CT molecular complexity index is 1050. The van der Waals surface area contributed by atoms with Gasteiger partial charge in [-0.25, -0.2) is 4.79 Å². The standard InChI is InChI=1S/C28H32N2O6/c1-2-27(31)35-21-5-3-4-6-28(32)36-26-17-19-29(20-18-26)24-13-9-22(10-14-24)7-8-23-11-15-25(16-12-23)30(33)34/h2,7-16,26H,1,3-6,17-21H2/b8-7+. The first-order valence-corrected chi connectivity index (χ1v) is 12.2. The predicted octanol–water partition coefficient (Wildman–Crippen LogP) is 5.57. The summed E-state index contributed by atoms with van der Waals surface area (Å²) >= 11 is 0. The Labute approximate surface area is 211 Å². The van der Waals surface area contributed by atoms with Crippen LogP contribution in [0, 0.1) is 10.1 Å². The number of hydrogen-bond donors (Lipinski definition) is 0. The van der Waals surface area contributed by atoms with Crippen LogP contribution < -0.4 is 4.90 Å². The second-order valence-corrected chi connectivity index (χ2v) is 8.63. The predicted molar refractivity (Wildman–Crippen MR) is 139 cm³/mol. The van der Waals surface area contributed by atoms with E-state index in [0.29, 0.717) is 19.4 Å². The number of unbranched alkanes of at least 4 members (excludes halogenated alkanes) is 2. The van der Waals surface area contributed by atoms with Gasteiger partial charge in [0.2, 0.25) is 0 Å². The van der Waals surface area contributed by atoms with Crippen LogP contribution >= 0.6 is 0 Å². The number of ether oxygens (including phenoxy) is 2. The number of nitro benzene ring substituents is 1. The highest BCUT2D eigenvalue weighted by atomic mass is 16.6. The molecule has 190 valence electrons. The highest BCUT2D eigenvalue weighted by Crippen LogP contribution is 2.23. The van der Waals surface area contributed by atoms with Crippen molar-refractivity contribution in [1.29, 1.82) is 0 Å². The number of esters is 2. The number of benzene rings is 2. The maximum Gasteiger partial charge on any atom is 0.330 e. The summed E-state index contributed by atoms with van der Waals surface area (Å²) < 4.78 is 10.6. The van der Waals surface area contributed by atoms with E-state index in [4.69, 9.17) is 9.47 Å². The van der Waals surface area contributed by atoms with Gasteiger partial charge in [-0.3, -0.25) is 14.9 Å². The summed E-state index contributed by atoms with van der Waals surface area (Å²) in [6.07, 6.45) is 9.21. The van der Waals surface area contributed by atoms with Crippen molar-refractivity contribution >= 4 is 35.5 Å². The second-order valence-electron chi connectivity index (χ2n) is 8.63. The van der Waals surface area contributed by atoms with Gasteiger partial charge in [-0.1, -0.05) is 30.9 Å². The van der Waals surface area contributed by atoms with Crippen LogP contribution in [0.4, 0.5) is 11.4 Å². The van der Waals surface area contributed by atoms with Gasteiger partial charge in [0.1, 0.15) is 6.10 Å². The van der Waals surface area contributed by atoms with Gasteiger partial charge >= 0.3 is 11.9 Å². The quantitative estimate of drug-likeness (QED) is 0.0954. The minimum absolute atomic E-state index is 0.0498. The van der Waals surface area contributed by atoms with E-state index in [2.05, 4.69) is 23.6 Å². The molecule has 8 nitrogen and oxygen atoms in total. The molecule has 36 heavy (non-hydrogen) atoms. The molecule has 8 heteroatoms. The SMILES string of the molecule is C=CC(=O)OCCCCCC(=O)OC1CCN(c2ccc(/C=C/c3ccc([N+](=O)[O-])cc3)cc2)CC1. The molecule has 0 spiro atoms. The van der Waals surface area contributed by atoms with Crippen molar-refractivity contribution in [2.75, 3.05) is 24.6 Å². The third-order valence-electron chi connectivity index (χ3n) is 6.01. The summed E-state index contributed by atoms with van der Waals surface area (Å²) in [5, 5.41) is 10.8. The van der Waals surface area contributed by atoms with Crippen LogP contribution in [0.15, 0.2) is 61.2 Å². The molecule has 2 aromatic carbocycles. The van der Waals surface area contributed by atoms with E-state index < -0.39 is 10.9 Å². The zero-order valence-electron chi connectivity index (χ0n) is 20.3. The number of piperidine rings is 1. The van der Waals surface area contributed by atoms with E-state index in [1.54, 1.807) is 12.1 Å². The van der Waals surface area contributed by atoms with Crippen molar-refractivity contribution in [2.24, 2.45) is 0 Å². The van der Waals surface area contributed by atoms with E-state index in [0.717, 1.165) is 61.7 Å². The van der Waals surface area contributed by atoms with E-state index in [1.165, 1.54) is 12.1 Å². The van der Waals surface area contributed by atoms with Gasteiger partial charge in [-0.15, -0.1) is 0 Å². The Balaban J connectivity index is 1.35. The van der Waals surface area contributed by atoms with E-state index >= 15 is 0 Å². The molecule has 1 saturated heterocycles. The molecule has 0 N–H and O–H groups in total. The van der Waals surface area contributed by atoms with Crippen molar-refractivity contribution in [3.05, 3.63) is 82.4 Å². The number of nitro groups is 1. The highest BCUT2D eigenvalue weighted by molar-refractivity contribution is 5.81. The summed E-state index contributed by atoms with van der Waals surface area (Å²) in [5.41, 5.74) is 3.15. The number of carbonyl (C=O) groups excluding carboxylic acids is 2. The van der Waals surface area contributed by atoms with Crippen molar-refractivity contribution in [2.45, 2.75) is 44.6 Å². The molecule has 1 aliphatic heterocycles. The smallest absolute Gasteiger partial charge is 0.330 e. The Morgan fingerprint density at radius 2 is 1.58 bits per heavy atom. The van der Waals surface area contributed by atoms with Crippen LogP contribution in [-0.4, -0.2) is 42.7 Å². The Kier molecular flexibility index (Phi) is 10.2. The first kappa shape index (κ1) is 26.7. The van der Waals surface area contributed by atoms with Crippen molar-refractivity contribution in [3.63, 3.8) is 0 Å². The summed E-state index contributed by atoms with van der Waals surface area (Å²) in [6.45, 7) is 5.34. The number of anilines is 1. The molecule has 0 aliphatic carbocycles. The van der Waals surface area contributed by atoms with Crippen LogP contribution in [0.25, 0.3) is 12.2 Å². The minimum atomic E-state index is -0.423. The Morgan fingerprint density at radius 3 is 2.17 bits per heavy atom. The van der Waals surface area contributed by atoms with Crippen molar-refractivity contribution in [3.8, 4) is 0 Å². The molecule has 0 atom stereocenters. The molecule has 3 rings (SSSR count). The molecule has 0 unspecified atom stereocenters. The normalized spacial score (nSPS) is 13.9. The van der Waals surface area contributed by atoms with Gasteiger partial charge in [0.25, 0.3) is 5.69 Å². The lowest BCUT2D eigenvalue weighted by Gasteiger charge is -2.33. The van der Waals surface area contributed by atoms with Crippen LogP contribution in [0.1, 0.15) is 49.7 Å². The van der Waals surface area contributed by atoms with Crippen LogP contribution in [0.2, 0.25) is 0 Å². The largest absolute Gasteiger partial charge is 0.463 e. The molecule has 1 fully saturated rings. The summed E-state index contributed by atoms with van der Waals surface area (Å²) in [7, 11) is 0. The number of rotatable bonds is 12. The molecule has 1 aliphatic rings. The van der Waals surface area contributed by atoms with Gasteiger partial charge < -0.3 is 14.4 Å². The molecule has 2 aromatic rings. The Hall–Kier alpha value is -3.94. The first-order chi connectivity index (χ1) is 17.4. The van der Waals surface area contributed by atoms with Crippen LogP contribution in [0.3, 0.4) is 0 Å². The van der Waals surface area contributed by atoms with Gasteiger partial charge in [0, 0.05) is 56.2 Å². The molecular weight excluding hydrogens is 460 g/mol. The summed E-state index contributed by atoms with van der Waals surface area (Å²) in [5.74, 6) is -0.589. The number of carbonyl (C=O) groups is 2. The lowest BCUT2D eigenvalue weighted by molar-refractivity contribution is -0.384. The molecule has 1 heterocycles. The van der Waals surface area contributed by atoms with Crippen LogP contribution in [0.5, 0.6) is 0 Å². The summed E-state index contributed by atoms with van der Waals surface area (Å²) in [6, 6.07) is 14.7. The van der Waals surface area contributed by atoms with Gasteiger partial charge in [0.05, 0.1) is 11.5 Å². The van der Waals surface area contributed by atoms with E-state index in [-0.39, 0.29) is 17.8 Å². The summed E-state index contributed by atoms with van der Waals surface area (Å²) in [4.78, 5) is 35.7. The van der Waals surface area contributed by atoms with Gasteiger partial charge in [-0.2, -0.15) is 0 Å². The third-order valence-corrected chi connectivity index (χ3v) is 6.01. The van der Waals surface area contributed by atoms with E-state index in [1.807, 2.05) is 24.3 Å². The fraction of sp³-hybridized carbons (Fsp3) is 0.357. The number of nitrogens with zero attached hydrogens (tertiary/aromatic N) is 2. The Morgan fingerprint density at radius 1 is 0.972 bits per heavy atom. The van der Waals surface area contributed by atoms with Crippen LogP contribution in [-0.2, 0) is 19.1 Å². The van der Waals surface area contributed by atoms with Crippen molar-refractivity contribution in [1.82, 2.24) is 0 Å². The molecule has 0 radical (unpaired) electrons. The molecule has 0 bridgehead atoms. The van der Waals surface area contributed by atoms with Crippen molar-refractivity contribution < 1.29 is 24.0 Å². The fourth-order valence-corrected chi connectivity index (χ4v) is 3.95. The van der Waals surface area contributed by atoms with E-state index in [9.17, 15) is 19.7 Å². The zero-order valence-corrected chi connectivity index (χ0v) is 20.3. The molecule has 0 saturated carbocycles. The zero-order chi connectivity index (χ0) is 25.8. The number of hydrogen-bond acceptors (Lipinski definition) is 7. The molecule has 0 amide bonds. The van der Waals surface area contributed by atoms with Gasteiger partial charge in [0.15, 0.2) is 0 Å². The molecule has 0 aromatic heterocycles. The highest BCUT2D eigenvalue weighted by Gasteiger charge is 2.22. The number of non-ortho nitro benzene ring substituents is 1. The minimum Gasteiger partial charge on any atom is -0.463 e. The topological polar surface area (TPSA) is 99.0 Å². The fourth-order valence-electron chi connectivity index (χ4n) is 3.95. The second kappa shape index (κ2) is 13.8. The molecular formula is C28H32N2O6. The maximum absolute atomic E-state index is 12.1. The third kappa shape index (κ3) is 8.69. The average Bonchev–Trinajstić information content (AvgIpc) is 2.90. The van der Waals surface area contributed by atoms with Gasteiger partial charge in [-0.05, 0) is 54.7 Å². The average molecular weight is 493 g/mol. The maximum atomic E-state index is 12.1. The lowest BCUT2D eigenvalue weighted by atomic mass is 10.1. The first-order valence-electron chi connectivity index (χ1n) is 12.2.